The van der Waals surface area contributed by atoms with E-state index in [9.17, 15) is 9.59 Å². The van der Waals surface area contributed by atoms with Crippen molar-refractivity contribution >= 4 is 12.2 Å². The lowest BCUT2D eigenvalue weighted by Crippen LogP contribution is -2.55. The van der Waals surface area contributed by atoms with Crippen LogP contribution in [0, 0.1) is 39.9 Å². The van der Waals surface area contributed by atoms with Crippen LogP contribution in [0.1, 0.15) is 91.4 Å². The third kappa shape index (κ3) is 2.67. The van der Waals surface area contributed by atoms with Crippen molar-refractivity contribution in [2.24, 2.45) is 45.7 Å². The highest BCUT2D eigenvalue weighted by Crippen LogP contribution is 2.70. The lowest BCUT2D eigenvalue weighted by Gasteiger charge is -2.59. The molecule has 0 aromatic carbocycles. The molecule has 7 atom stereocenters. The second-order valence-corrected chi connectivity index (χ2v) is 11.0. The molecule has 0 saturated heterocycles. The molecule has 3 nitrogen and oxygen atoms in total. The molecule has 3 fully saturated rings. The molecule has 0 aromatic heterocycles. The number of carbonyl (C=O) groups is 2. The highest BCUT2D eigenvalue weighted by Gasteiger charge is 2.65. The van der Waals surface area contributed by atoms with E-state index in [-0.39, 0.29) is 17.2 Å². The molecule has 4 aliphatic carbocycles. The molecule has 0 spiro atoms. The molecule has 4 rings (SSSR count). The molecule has 0 heterocycles. The smallest absolute Gasteiger partial charge is 0.224 e. The van der Waals surface area contributed by atoms with Crippen molar-refractivity contribution in [1.29, 1.82) is 0 Å². The van der Waals surface area contributed by atoms with Gasteiger partial charge in [-0.3, -0.25) is 4.79 Å². The predicted octanol–water partition coefficient (Wildman–Crippen LogP) is 5.43. The van der Waals surface area contributed by atoms with Gasteiger partial charge in [-0.1, -0.05) is 32.4 Å². The van der Waals surface area contributed by atoms with E-state index in [4.69, 9.17) is 5.73 Å². The zero-order valence-corrected chi connectivity index (χ0v) is 18.1. The van der Waals surface area contributed by atoms with Gasteiger partial charge >= 0.3 is 0 Å². The number of allylic oxidation sites excluding steroid dienone is 2. The summed E-state index contributed by atoms with van der Waals surface area (Å²) >= 11 is 0. The molecule has 1 amide bonds. The second-order valence-electron chi connectivity index (χ2n) is 11.0. The molecular weight excluding hydrogens is 346 g/mol. The molecule has 2 N–H and O–H groups in total. The standard InChI is InChI=1S/C25H39NO2/c1-17(16-27)9-14-25(22(26)28)15-11-21-19-8-7-18-6-4-5-12-23(18,2)20(19)10-13-24(21,25)3/h6,16-17,19-21H,4-5,7-15H2,1-3H3,(H2,26,28)/t17?,19-,20+,21+,23+,24+,25-/m1/s1. The number of hydrogen-bond acceptors (Lipinski definition) is 2. The van der Waals surface area contributed by atoms with Gasteiger partial charge in [0, 0.05) is 5.92 Å². The van der Waals surface area contributed by atoms with Crippen LogP contribution in [-0.2, 0) is 9.59 Å². The number of primary amides is 1. The molecular formula is C25H39NO2. The molecule has 1 unspecified atom stereocenters. The first-order valence-electron chi connectivity index (χ1n) is 11.7. The van der Waals surface area contributed by atoms with Crippen molar-refractivity contribution in [3.8, 4) is 0 Å². The second kappa shape index (κ2) is 6.99. The van der Waals surface area contributed by atoms with Crippen LogP contribution in [0.2, 0.25) is 0 Å². The Hall–Kier alpha value is -1.12. The summed E-state index contributed by atoms with van der Waals surface area (Å²) in [5, 5.41) is 0. The molecule has 3 saturated carbocycles. The molecule has 0 bridgehead atoms. The number of rotatable bonds is 5. The summed E-state index contributed by atoms with van der Waals surface area (Å²) in [5.74, 6) is 2.05. The average Bonchev–Trinajstić information content (AvgIpc) is 2.99. The first-order valence-corrected chi connectivity index (χ1v) is 11.7. The van der Waals surface area contributed by atoms with Gasteiger partial charge in [-0.25, -0.2) is 0 Å². The lowest BCUT2D eigenvalue weighted by molar-refractivity contribution is -0.143. The van der Waals surface area contributed by atoms with Gasteiger partial charge < -0.3 is 10.5 Å². The normalized spacial score (nSPS) is 46.0. The Kier molecular flexibility index (Phi) is 5.03. The van der Waals surface area contributed by atoms with Crippen molar-refractivity contribution in [3.63, 3.8) is 0 Å². The van der Waals surface area contributed by atoms with Gasteiger partial charge in [-0.05, 0) is 99.2 Å². The fourth-order valence-corrected chi connectivity index (χ4v) is 8.37. The van der Waals surface area contributed by atoms with Gasteiger partial charge in [0.15, 0.2) is 0 Å². The summed E-state index contributed by atoms with van der Waals surface area (Å²) in [7, 11) is 0. The highest BCUT2D eigenvalue weighted by molar-refractivity contribution is 5.82. The zero-order chi connectivity index (χ0) is 20.2. The molecule has 3 heteroatoms. The van der Waals surface area contributed by atoms with Crippen LogP contribution in [0.5, 0.6) is 0 Å². The SMILES string of the molecule is CC(C=O)CC[C@]1(C(N)=O)CC[C@H]2[C@@H]3CCC4=CCCC[C@]4(C)[C@H]3CC[C@@]21C. The molecule has 0 aromatic rings. The van der Waals surface area contributed by atoms with Crippen LogP contribution >= 0.6 is 0 Å². The summed E-state index contributed by atoms with van der Waals surface area (Å²) in [6.45, 7) is 6.89. The first-order chi connectivity index (χ1) is 13.3. The maximum absolute atomic E-state index is 12.9. The zero-order valence-electron chi connectivity index (χ0n) is 18.1. The number of carbonyl (C=O) groups excluding carboxylic acids is 2. The highest BCUT2D eigenvalue weighted by atomic mass is 16.1. The van der Waals surface area contributed by atoms with Gasteiger partial charge in [0.1, 0.15) is 6.29 Å². The Morgan fingerprint density at radius 2 is 1.96 bits per heavy atom. The third-order valence-electron chi connectivity index (χ3n) is 10.1. The van der Waals surface area contributed by atoms with Crippen LogP contribution in [0.3, 0.4) is 0 Å². The molecule has 28 heavy (non-hydrogen) atoms. The van der Waals surface area contributed by atoms with E-state index in [2.05, 4.69) is 19.9 Å². The fraction of sp³-hybridized carbons (Fsp3) is 0.840. The first kappa shape index (κ1) is 20.2. The van der Waals surface area contributed by atoms with Gasteiger partial charge in [0.05, 0.1) is 5.41 Å². The van der Waals surface area contributed by atoms with E-state index in [1.165, 1.54) is 38.5 Å². The Balaban J connectivity index is 1.64. The average molecular weight is 386 g/mol. The Morgan fingerprint density at radius 1 is 1.21 bits per heavy atom. The largest absolute Gasteiger partial charge is 0.369 e. The molecule has 0 aliphatic heterocycles. The van der Waals surface area contributed by atoms with Gasteiger partial charge in [-0.15, -0.1) is 0 Å². The minimum atomic E-state index is -0.413. The number of nitrogens with two attached hydrogens (primary N) is 1. The Bertz CT molecular complexity index is 684. The number of amides is 1. The van der Waals surface area contributed by atoms with Crippen molar-refractivity contribution in [3.05, 3.63) is 11.6 Å². The van der Waals surface area contributed by atoms with E-state index in [1.807, 2.05) is 6.92 Å². The predicted molar refractivity (Wildman–Crippen MR) is 112 cm³/mol. The van der Waals surface area contributed by atoms with E-state index < -0.39 is 5.41 Å². The lowest BCUT2D eigenvalue weighted by atomic mass is 9.45. The fourth-order valence-electron chi connectivity index (χ4n) is 8.37. The maximum Gasteiger partial charge on any atom is 0.224 e. The van der Waals surface area contributed by atoms with Gasteiger partial charge in [0.2, 0.25) is 5.91 Å². The van der Waals surface area contributed by atoms with E-state index in [0.29, 0.717) is 11.3 Å². The molecule has 0 radical (unpaired) electrons. The molecule has 4 aliphatic rings. The third-order valence-corrected chi connectivity index (χ3v) is 10.1. The quantitative estimate of drug-likeness (QED) is 0.507. The van der Waals surface area contributed by atoms with Crippen molar-refractivity contribution in [1.82, 2.24) is 0 Å². The number of hydrogen-bond donors (Lipinski definition) is 1. The number of fused-ring (bicyclic) bond motifs is 5. The summed E-state index contributed by atoms with van der Waals surface area (Å²) in [4.78, 5) is 24.0. The van der Waals surface area contributed by atoms with Crippen LogP contribution < -0.4 is 5.73 Å². The van der Waals surface area contributed by atoms with Gasteiger partial charge in [-0.2, -0.15) is 0 Å². The summed E-state index contributed by atoms with van der Waals surface area (Å²) in [5.41, 5.74) is 7.85. The molecule has 156 valence electrons. The van der Waals surface area contributed by atoms with Crippen LogP contribution in [-0.4, -0.2) is 12.2 Å². The van der Waals surface area contributed by atoms with E-state index in [1.54, 1.807) is 5.57 Å². The Labute approximate surface area is 170 Å². The van der Waals surface area contributed by atoms with Crippen molar-refractivity contribution < 1.29 is 9.59 Å². The Morgan fingerprint density at radius 3 is 2.68 bits per heavy atom. The minimum Gasteiger partial charge on any atom is -0.369 e. The topological polar surface area (TPSA) is 60.2 Å². The number of aldehydes is 1. The minimum absolute atomic E-state index is 0.00878. The van der Waals surface area contributed by atoms with Crippen LogP contribution in [0.15, 0.2) is 11.6 Å². The van der Waals surface area contributed by atoms with E-state index >= 15 is 0 Å². The van der Waals surface area contributed by atoms with Gasteiger partial charge in [0.25, 0.3) is 0 Å². The van der Waals surface area contributed by atoms with Crippen molar-refractivity contribution in [2.45, 2.75) is 91.4 Å². The van der Waals surface area contributed by atoms with Crippen molar-refractivity contribution in [2.75, 3.05) is 0 Å². The monoisotopic (exact) mass is 385 g/mol. The summed E-state index contributed by atoms with van der Waals surface area (Å²) in [6, 6.07) is 0. The van der Waals surface area contributed by atoms with Crippen LogP contribution in [0.4, 0.5) is 0 Å². The summed E-state index contributed by atoms with van der Waals surface area (Å²) in [6.07, 6.45) is 16.1. The maximum atomic E-state index is 12.9. The van der Waals surface area contributed by atoms with Crippen LogP contribution in [0.25, 0.3) is 0 Å². The van der Waals surface area contributed by atoms with E-state index in [0.717, 1.165) is 50.2 Å². The summed E-state index contributed by atoms with van der Waals surface area (Å²) < 4.78 is 0.